The van der Waals surface area contributed by atoms with E-state index in [4.69, 9.17) is 4.98 Å². The number of likely N-dealkylation sites (N-methyl/N-ethyl adjacent to an activating group) is 1. The fraction of sp³-hybridized carbons (Fsp3) is 0.250. The lowest BCUT2D eigenvalue weighted by Crippen LogP contribution is -2.47. The van der Waals surface area contributed by atoms with Gasteiger partial charge in [0.05, 0.1) is 17.4 Å². The van der Waals surface area contributed by atoms with E-state index in [1.807, 2.05) is 76.3 Å². The number of rotatable bonds is 8. The lowest BCUT2D eigenvalue weighted by molar-refractivity contribution is -0.132. The normalized spacial score (nSPS) is 13.9. The number of amides is 2. The molecule has 1 fully saturated rings. The van der Waals surface area contributed by atoms with Gasteiger partial charge in [0.1, 0.15) is 0 Å². The number of H-pyrrole nitrogens is 1. The van der Waals surface area contributed by atoms with Gasteiger partial charge in [0, 0.05) is 55.4 Å². The molecule has 1 aliphatic rings. The van der Waals surface area contributed by atoms with Crippen molar-refractivity contribution in [1.82, 2.24) is 29.5 Å². The predicted octanol–water partition coefficient (Wildman–Crippen LogP) is 4.76. The zero-order valence-electron chi connectivity index (χ0n) is 23.1. The van der Waals surface area contributed by atoms with Gasteiger partial charge in [0.15, 0.2) is 0 Å². The standard InChI is InChI=1S/C32H33N7O2/c1-37-15-17-38(18-16-37)30(40)12-6-9-27-22-39(28-10-3-2-4-11-28)32(34-27)35-31(41)25-8-5-7-23(19-25)24-13-14-29-26(20-24)21-33-36-29/h2-5,7-8,10-11,13-14,19-22H,6,9,12,15-18H2,1H3,(H,33,36)(H,34,35,41). The van der Waals surface area contributed by atoms with E-state index in [-0.39, 0.29) is 11.8 Å². The Morgan fingerprint density at radius 2 is 1.73 bits per heavy atom. The molecule has 0 radical (unpaired) electrons. The highest BCUT2D eigenvalue weighted by Crippen LogP contribution is 2.25. The van der Waals surface area contributed by atoms with Crippen LogP contribution >= 0.6 is 0 Å². The van der Waals surface area contributed by atoms with Crippen molar-refractivity contribution in [3.05, 3.63) is 96.4 Å². The van der Waals surface area contributed by atoms with Crippen molar-refractivity contribution in [2.75, 3.05) is 38.5 Å². The van der Waals surface area contributed by atoms with E-state index in [2.05, 4.69) is 33.5 Å². The van der Waals surface area contributed by atoms with Crippen molar-refractivity contribution in [2.24, 2.45) is 0 Å². The molecule has 0 atom stereocenters. The molecule has 0 saturated carbocycles. The molecule has 41 heavy (non-hydrogen) atoms. The molecule has 3 heterocycles. The number of aromatic amines is 1. The van der Waals surface area contributed by atoms with Crippen LogP contribution in [0.4, 0.5) is 5.95 Å². The van der Waals surface area contributed by atoms with Crippen LogP contribution in [0.3, 0.4) is 0 Å². The van der Waals surface area contributed by atoms with Gasteiger partial charge in [-0.05, 0) is 67.4 Å². The third kappa shape index (κ3) is 6.05. The van der Waals surface area contributed by atoms with E-state index in [1.165, 1.54) is 0 Å². The average Bonchev–Trinajstić information content (AvgIpc) is 3.64. The molecule has 0 bridgehead atoms. The number of piperazine rings is 1. The quantitative estimate of drug-likeness (QED) is 0.292. The molecule has 1 aliphatic heterocycles. The molecule has 2 amide bonds. The first-order valence-corrected chi connectivity index (χ1v) is 14.0. The largest absolute Gasteiger partial charge is 0.340 e. The van der Waals surface area contributed by atoms with Crippen LogP contribution in [0.2, 0.25) is 0 Å². The summed E-state index contributed by atoms with van der Waals surface area (Å²) in [5, 5.41) is 11.1. The van der Waals surface area contributed by atoms with Gasteiger partial charge in [-0.25, -0.2) is 4.98 Å². The minimum atomic E-state index is -0.240. The number of hydrogen-bond acceptors (Lipinski definition) is 5. The molecular formula is C32H33N7O2. The summed E-state index contributed by atoms with van der Waals surface area (Å²) >= 11 is 0. The molecule has 2 N–H and O–H groups in total. The van der Waals surface area contributed by atoms with Gasteiger partial charge < -0.3 is 9.80 Å². The van der Waals surface area contributed by atoms with Crippen LogP contribution in [0.1, 0.15) is 28.9 Å². The Morgan fingerprint density at radius 1 is 0.927 bits per heavy atom. The van der Waals surface area contributed by atoms with Crippen molar-refractivity contribution in [2.45, 2.75) is 19.3 Å². The Kier molecular flexibility index (Phi) is 7.60. The highest BCUT2D eigenvalue weighted by molar-refractivity contribution is 6.04. The third-order valence-corrected chi connectivity index (χ3v) is 7.59. The summed E-state index contributed by atoms with van der Waals surface area (Å²) in [5.41, 5.74) is 5.19. The number of nitrogens with zero attached hydrogens (tertiary/aromatic N) is 5. The van der Waals surface area contributed by atoms with Gasteiger partial charge >= 0.3 is 0 Å². The number of benzene rings is 3. The number of nitrogens with one attached hydrogen (secondary N) is 2. The monoisotopic (exact) mass is 547 g/mol. The lowest BCUT2D eigenvalue weighted by Gasteiger charge is -2.32. The molecule has 0 unspecified atom stereocenters. The minimum absolute atomic E-state index is 0.195. The van der Waals surface area contributed by atoms with Crippen LogP contribution in [0.5, 0.6) is 0 Å². The van der Waals surface area contributed by atoms with E-state index in [9.17, 15) is 9.59 Å². The SMILES string of the molecule is CN1CCN(C(=O)CCCc2cn(-c3ccccc3)c(NC(=O)c3cccc(-c4ccc5[nH]ncc5c4)c3)n2)CC1. The maximum absolute atomic E-state index is 13.4. The minimum Gasteiger partial charge on any atom is -0.340 e. The molecule has 6 rings (SSSR count). The van der Waals surface area contributed by atoms with Crippen molar-refractivity contribution in [3.8, 4) is 16.8 Å². The van der Waals surface area contributed by atoms with Gasteiger partial charge in [-0.15, -0.1) is 0 Å². The number of para-hydroxylation sites is 1. The number of carbonyl (C=O) groups excluding carboxylic acids is 2. The van der Waals surface area contributed by atoms with E-state index >= 15 is 0 Å². The molecule has 0 aliphatic carbocycles. The van der Waals surface area contributed by atoms with Crippen molar-refractivity contribution < 1.29 is 9.59 Å². The van der Waals surface area contributed by atoms with E-state index in [1.54, 1.807) is 12.3 Å². The van der Waals surface area contributed by atoms with Crippen molar-refractivity contribution in [3.63, 3.8) is 0 Å². The number of carbonyl (C=O) groups is 2. The number of fused-ring (bicyclic) bond motifs is 1. The van der Waals surface area contributed by atoms with E-state index < -0.39 is 0 Å². The van der Waals surface area contributed by atoms with Gasteiger partial charge in [-0.2, -0.15) is 5.10 Å². The molecule has 9 heteroatoms. The molecule has 3 aromatic carbocycles. The fourth-order valence-electron chi connectivity index (χ4n) is 5.19. The van der Waals surface area contributed by atoms with Gasteiger partial charge in [-0.1, -0.05) is 36.4 Å². The van der Waals surface area contributed by atoms with Crippen LogP contribution in [-0.2, 0) is 11.2 Å². The molecule has 5 aromatic rings. The Morgan fingerprint density at radius 3 is 2.56 bits per heavy atom. The highest BCUT2D eigenvalue weighted by Gasteiger charge is 2.19. The van der Waals surface area contributed by atoms with Gasteiger partial charge in [-0.3, -0.25) is 24.6 Å². The number of aromatic nitrogens is 4. The third-order valence-electron chi connectivity index (χ3n) is 7.59. The number of aryl methyl sites for hydroxylation is 1. The summed E-state index contributed by atoms with van der Waals surface area (Å²) in [4.78, 5) is 35.1. The first kappa shape index (κ1) is 26.5. The van der Waals surface area contributed by atoms with Gasteiger partial charge in [0.25, 0.3) is 5.91 Å². The Hall–Kier alpha value is -4.76. The highest BCUT2D eigenvalue weighted by atomic mass is 16.2. The van der Waals surface area contributed by atoms with Gasteiger partial charge in [0.2, 0.25) is 11.9 Å². The van der Waals surface area contributed by atoms with E-state index in [0.29, 0.717) is 30.8 Å². The second-order valence-electron chi connectivity index (χ2n) is 10.5. The predicted molar refractivity (Wildman–Crippen MR) is 160 cm³/mol. The summed E-state index contributed by atoms with van der Waals surface area (Å²) in [6.07, 6.45) is 5.57. The summed E-state index contributed by atoms with van der Waals surface area (Å²) in [5.74, 6) is 0.406. The maximum Gasteiger partial charge on any atom is 0.258 e. The van der Waals surface area contributed by atoms with E-state index in [0.717, 1.165) is 59.6 Å². The summed E-state index contributed by atoms with van der Waals surface area (Å²) in [7, 11) is 2.08. The van der Waals surface area contributed by atoms with Crippen LogP contribution in [0.15, 0.2) is 85.2 Å². The molecule has 2 aromatic heterocycles. The molecule has 0 spiro atoms. The second-order valence-corrected chi connectivity index (χ2v) is 10.5. The average molecular weight is 548 g/mol. The number of anilines is 1. The number of imidazole rings is 1. The first-order valence-electron chi connectivity index (χ1n) is 14.0. The summed E-state index contributed by atoms with van der Waals surface area (Å²) in [6, 6.07) is 23.4. The topological polar surface area (TPSA) is 99.2 Å². The smallest absolute Gasteiger partial charge is 0.258 e. The lowest BCUT2D eigenvalue weighted by atomic mass is 10.0. The zero-order chi connectivity index (χ0) is 28.2. The Labute approximate surface area is 238 Å². The fourth-order valence-corrected chi connectivity index (χ4v) is 5.19. The Balaban J connectivity index is 1.17. The zero-order valence-corrected chi connectivity index (χ0v) is 23.1. The van der Waals surface area contributed by atoms with Crippen molar-refractivity contribution in [1.29, 1.82) is 0 Å². The van der Waals surface area contributed by atoms with Crippen molar-refractivity contribution >= 4 is 28.7 Å². The Bertz CT molecular complexity index is 1670. The van der Waals surface area contributed by atoms with Crippen LogP contribution < -0.4 is 5.32 Å². The summed E-state index contributed by atoms with van der Waals surface area (Å²) < 4.78 is 1.90. The molecule has 9 nitrogen and oxygen atoms in total. The molecule has 1 saturated heterocycles. The van der Waals surface area contributed by atoms with Crippen LogP contribution in [0.25, 0.3) is 27.7 Å². The van der Waals surface area contributed by atoms with Crippen LogP contribution in [-0.4, -0.2) is 74.6 Å². The maximum atomic E-state index is 13.4. The number of hydrogen-bond donors (Lipinski definition) is 2. The molecular weight excluding hydrogens is 514 g/mol. The summed E-state index contributed by atoms with van der Waals surface area (Å²) in [6.45, 7) is 3.40. The van der Waals surface area contributed by atoms with Crippen LogP contribution in [0, 0.1) is 0 Å². The second kappa shape index (κ2) is 11.8. The first-order chi connectivity index (χ1) is 20.0. The molecule has 208 valence electrons.